The molecule has 4 aromatic rings. The number of aromatic carboxylic acids is 1. The molecule has 0 heterocycles. The molecule has 11 nitrogen and oxygen atoms in total. The first-order valence-electron chi connectivity index (χ1n) is 16.8. The Kier molecular flexibility index (Phi) is 19.2. The average Bonchev–Trinajstić information content (AvgIpc) is 3.16. The highest BCUT2D eigenvalue weighted by Crippen LogP contribution is 2.13. The van der Waals surface area contributed by atoms with Crippen molar-refractivity contribution < 1.29 is 43.2 Å². The van der Waals surface area contributed by atoms with Crippen LogP contribution in [0.25, 0.3) is 0 Å². The standard InChI is InChI=1S/C20H23NO4.C11H15NO3.C9H10O2/c1-3-15-5-9-17(10-6-15)20(23)21-13-16-7-11-18(12-8-16)25-14-19(22)24-4-2;1-2-14-11(13)8-15-10-5-3-9(7-12)4-6-10;1-2-7-3-5-8(6-4-7)9(10)11/h5-12H,3-4,13-14H2,1-2H3,(H,21,23);3-6H,2,7-8,12H2,1H3;3-6H,2H2,1H3,(H,10,11). The number of carbonyl (C=O) groups is 4. The van der Waals surface area contributed by atoms with E-state index in [2.05, 4.69) is 12.2 Å². The second kappa shape index (κ2) is 23.6. The van der Waals surface area contributed by atoms with Crippen molar-refractivity contribution in [3.8, 4) is 11.5 Å². The summed E-state index contributed by atoms with van der Waals surface area (Å²) in [5.74, 6) is -0.509. The first-order chi connectivity index (χ1) is 24.6. The number of nitrogens with two attached hydrogens (primary N) is 1. The molecule has 0 unspecified atom stereocenters. The van der Waals surface area contributed by atoms with Crippen molar-refractivity contribution >= 4 is 23.8 Å². The third kappa shape index (κ3) is 16.5. The predicted molar refractivity (Wildman–Crippen MR) is 195 cm³/mol. The van der Waals surface area contributed by atoms with Crippen LogP contribution in [0.1, 0.15) is 70.7 Å². The first-order valence-corrected chi connectivity index (χ1v) is 16.8. The molecule has 0 saturated heterocycles. The van der Waals surface area contributed by atoms with E-state index in [0.717, 1.165) is 29.5 Å². The Morgan fingerprint density at radius 2 is 0.961 bits per heavy atom. The zero-order chi connectivity index (χ0) is 37.4. The van der Waals surface area contributed by atoms with Crippen molar-refractivity contribution in [1.29, 1.82) is 0 Å². The Balaban J connectivity index is 0.000000293. The van der Waals surface area contributed by atoms with E-state index in [4.69, 9.17) is 29.8 Å². The number of ether oxygens (including phenoxy) is 4. The summed E-state index contributed by atoms with van der Waals surface area (Å²) in [7, 11) is 0. The van der Waals surface area contributed by atoms with Gasteiger partial charge in [-0.3, -0.25) is 4.79 Å². The summed E-state index contributed by atoms with van der Waals surface area (Å²) in [6, 6.07) is 29.0. The van der Waals surface area contributed by atoms with Gasteiger partial charge in [-0.15, -0.1) is 0 Å². The van der Waals surface area contributed by atoms with Crippen LogP contribution in [0.3, 0.4) is 0 Å². The Labute approximate surface area is 299 Å². The van der Waals surface area contributed by atoms with Crippen LogP contribution in [0.4, 0.5) is 0 Å². The fourth-order valence-electron chi connectivity index (χ4n) is 4.17. The van der Waals surface area contributed by atoms with E-state index in [1.807, 2.05) is 67.6 Å². The summed E-state index contributed by atoms with van der Waals surface area (Å²) < 4.78 is 20.1. The lowest BCUT2D eigenvalue weighted by atomic mass is 10.1. The molecule has 272 valence electrons. The first kappa shape index (κ1) is 41.5. The molecule has 0 atom stereocenters. The van der Waals surface area contributed by atoms with Gasteiger partial charge in [-0.1, -0.05) is 62.4 Å². The molecule has 0 saturated carbocycles. The largest absolute Gasteiger partial charge is 0.482 e. The maximum Gasteiger partial charge on any atom is 0.344 e. The number of hydrogen-bond acceptors (Lipinski definition) is 9. The number of hydrogen-bond donors (Lipinski definition) is 3. The Morgan fingerprint density at radius 1 is 0.569 bits per heavy atom. The molecular weight excluding hydrogens is 652 g/mol. The van der Waals surface area contributed by atoms with Crippen molar-refractivity contribution in [2.75, 3.05) is 26.4 Å². The number of aryl methyl sites for hydroxylation is 2. The van der Waals surface area contributed by atoms with Gasteiger partial charge < -0.3 is 35.1 Å². The fraction of sp³-hybridized carbons (Fsp3) is 0.300. The summed E-state index contributed by atoms with van der Waals surface area (Å²) >= 11 is 0. The van der Waals surface area contributed by atoms with Gasteiger partial charge in [-0.05, 0) is 97.5 Å². The number of rotatable bonds is 15. The molecule has 4 rings (SSSR count). The van der Waals surface area contributed by atoms with Crippen LogP contribution in [0.2, 0.25) is 0 Å². The van der Waals surface area contributed by atoms with Crippen LogP contribution in [0, 0.1) is 0 Å². The van der Waals surface area contributed by atoms with E-state index in [1.165, 1.54) is 5.56 Å². The van der Waals surface area contributed by atoms with Crippen molar-refractivity contribution in [1.82, 2.24) is 5.32 Å². The van der Waals surface area contributed by atoms with Crippen LogP contribution in [-0.4, -0.2) is 55.3 Å². The van der Waals surface area contributed by atoms with Gasteiger partial charge >= 0.3 is 17.9 Å². The van der Waals surface area contributed by atoms with Crippen LogP contribution in [0.5, 0.6) is 11.5 Å². The average molecular weight is 701 g/mol. The number of esters is 2. The molecule has 0 aromatic heterocycles. The minimum Gasteiger partial charge on any atom is -0.482 e. The Bertz CT molecular complexity index is 1620. The van der Waals surface area contributed by atoms with Gasteiger partial charge in [0.2, 0.25) is 0 Å². The van der Waals surface area contributed by atoms with E-state index < -0.39 is 11.9 Å². The van der Waals surface area contributed by atoms with Gasteiger partial charge in [0.05, 0.1) is 18.8 Å². The minimum absolute atomic E-state index is 0.0597. The summed E-state index contributed by atoms with van der Waals surface area (Å²) in [5, 5.41) is 11.4. The molecule has 0 aliphatic carbocycles. The van der Waals surface area contributed by atoms with E-state index in [9.17, 15) is 19.2 Å². The number of nitrogens with one attached hydrogen (secondary N) is 1. The van der Waals surface area contributed by atoms with Gasteiger partial charge in [0.1, 0.15) is 11.5 Å². The van der Waals surface area contributed by atoms with Crippen LogP contribution >= 0.6 is 0 Å². The highest BCUT2D eigenvalue weighted by Gasteiger charge is 2.07. The van der Waals surface area contributed by atoms with Gasteiger partial charge in [0, 0.05) is 18.7 Å². The molecule has 0 aliphatic rings. The third-order valence-corrected chi connectivity index (χ3v) is 7.09. The molecule has 0 spiro atoms. The maximum absolute atomic E-state index is 12.1. The topological polar surface area (TPSA) is 163 Å². The third-order valence-electron chi connectivity index (χ3n) is 7.09. The fourth-order valence-corrected chi connectivity index (χ4v) is 4.17. The number of carboxylic acids is 1. The lowest BCUT2D eigenvalue weighted by molar-refractivity contribution is -0.146. The van der Waals surface area contributed by atoms with Gasteiger partial charge in [-0.2, -0.15) is 0 Å². The van der Waals surface area contributed by atoms with Crippen molar-refractivity contribution in [2.24, 2.45) is 5.73 Å². The molecule has 4 aromatic carbocycles. The zero-order valence-corrected chi connectivity index (χ0v) is 29.7. The SMILES string of the molecule is CCOC(=O)COc1ccc(CN)cc1.CCOC(=O)COc1ccc(CNC(=O)c2ccc(CC)cc2)cc1.CCc1ccc(C(=O)O)cc1. The highest BCUT2D eigenvalue weighted by molar-refractivity contribution is 5.94. The Morgan fingerprint density at radius 3 is 1.33 bits per heavy atom. The monoisotopic (exact) mass is 700 g/mol. The Hall–Kier alpha value is -5.68. The number of amides is 1. The molecule has 0 aliphatic heterocycles. The lowest BCUT2D eigenvalue weighted by Gasteiger charge is -2.08. The van der Waals surface area contributed by atoms with Gasteiger partial charge in [0.25, 0.3) is 5.91 Å². The van der Waals surface area contributed by atoms with E-state index >= 15 is 0 Å². The maximum atomic E-state index is 12.1. The summed E-state index contributed by atoms with van der Waals surface area (Å²) in [5.41, 5.74) is 10.8. The molecule has 0 bridgehead atoms. The van der Waals surface area contributed by atoms with Crippen molar-refractivity contribution in [3.05, 3.63) is 130 Å². The molecule has 51 heavy (non-hydrogen) atoms. The van der Waals surface area contributed by atoms with Gasteiger partial charge in [0.15, 0.2) is 13.2 Å². The van der Waals surface area contributed by atoms with E-state index in [1.54, 1.807) is 50.2 Å². The quantitative estimate of drug-likeness (QED) is 0.123. The zero-order valence-electron chi connectivity index (χ0n) is 29.7. The normalized spacial score (nSPS) is 9.90. The second-order valence-electron chi connectivity index (χ2n) is 10.8. The number of carbonyl (C=O) groups excluding carboxylic acids is 3. The minimum atomic E-state index is -0.868. The molecule has 0 radical (unpaired) electrons. The number of carboxylic acid groups (broad SMARTS) is 1. The summed E-state index contributed by atoms with van der Waals surface area (Å²) in [6.07, 6.45) is 1.90. The van der Waals surface area contributed by atoms with Crippen molar-refractivity contribution in [2.45, 2.75) is 53.6 Å². The smallest absolute Gasteiger partial charge is 0.344 e. The van der Waals surface area contributed by atoms with Crippen LogP contribution < -0.4 is 20.5 Å². The lowest BCUT2D eigenvalue weighted by Crippen LogP contribution is -2.22. The molecule has 1 amide bonds. The van der Waals surface area contributed by atoms with Crippen LogP contribution in [-0.2, 0) is 45.0 Å². The van der Waals surface area contributed by atoms with Crippen LogP contribution in [0.15, 0.2) is 97.1 Å². The second-order valence-corrected chi connectivity index (χ2v) is 10.8. The summed E-state index contributed by atoms with van der Waals surface area (Å²) in [6.45, 7) is 9.08. The van der Waals surface area contributed by atoms with Gasteiger partial charge in [-0.25, -0.2) is 14.4 Å². The molecule has 0 fully saturated rings. The highest BCUT2D eigenvalue weighted by atomic mass is 16.6. The molecule has 11 heteroatoms. The van der Waals surface area contributed by atoms with E-state index in [-0.39, 0.29) is 25.1 Å². The molecule has 4 N–H and O–H groups in total. The summed E-state index contributed by atoms with van der Waals surface area (Å²) in [4.78, 5) is 44.8. The molecular formula is C40H48N2O9. The van der Waals surface area contributed by atoms with Crippen molar-refractivity contribution in [3.63, 3.8) is 0 Å². The predicted octanol–water partition coefficient (Wildman–Crippen LogP) is 6.16. The van der Waals surface area contributed by atoms with E-state index in [0.29, 0.717) is 48.9 Å². The number of benzene rings is 4.